The lowest BCUT2D eigenvalue weighted by Gasteiger charge is -2.46. The average molecular weight is 1940 g/mol. The van der Waals surface area contributed by atoms with Gasteiger partial charge in [-0.2, -0.15) is 4.98 Å². The molecule has 23 atom stereocenters. The first kappa shape index (κ1) is 100. The number of amides is 8. The molecule has 8 amide bonds. The highest BCUT2D eigenvalue weighted by atomic mass is 35.5. The maximum Gasteiger partial charge on any atom is 0.573 e. The topological polar surface area (TPSA) is 675 Å². The van der Waals surface area contributed by atoms with Crippen molar-refractivity contribution < 1.29 is 160 Å². The maximum absolute atomic E-state index is 16.5. The van der Waals surface area contributed by atoms with Gasteiger partial charge < -0.3 is 163 Å². The molecule has 726 valence electrons. The molecular formula is C86H96Cl2F3N13O31. The lowest BCUT2D eigenvalue weighted by Crippen LogP contribution is -2.65. The molecule has 1 aromatic heterocycles. The van der Waals surface area contributed by atoms with Crippen LogP contribution in [0, 0.1) is 5.92 Å². The Hall–Kier alpha value is -12.2. The van der Waals surface area contributed by atoms with Gasteiger partial charge in [-0.05, 0) is 140 Å². The number of carbonyl (C=O) groups excluding carboxylic acids is 8. The molecule has 15 rings (SSSR count). The quantitative estimate of drug-likeness (QED) is 0.0373. The van der Waals surface area contributed by atoms with E-state index in [-0.39, 0.29) is 47.9 Å². The van der Waals surface area contributed by atoms with Crippen molar-refractivity contribution in [1.29, 1.82) is 0 Å². The van der Waals surface area contributed by atoms with Crippen molar-refractivity contribution in [3.63, 3.8) is 0 Å². The number of nitrogens with zero attached hydrogens (tertiary/aromatic N) is 2. The highest BCUT2D eigenvalue weighted by Gasteiger charge is 2.53. The van der Waals surface area contributed by atoms with Gasteiger partial charge in [-0.1, -0.05) is 55.2 Å². The second-order valence-corrected chi connectivity index (χ2v) is 34.2. The number of phenols is 3. The number of likely N-dealkylation sites (N-methyl/N-ethyl adjacent to an activating group) is 1. The van der Waals surface area contributed by atoms with Crippen molar-refractivity contribution in [2.24, 2.45) is 17.4 Å². The number of aliphatic hydroxyl groups excluding tert-OH is 8. The van der Waals surface area contributed by atoms with Crippen LogP contribution in [0.1, 0.15) is 115 Å². The monoisotopic (exact) mass is 1930 g/mol. The molecule has 0 aliphatic carbocycles. The van der Waals surface area contributed by atoms with Gasteiger partial charge in [0.15, 0.2) is 30.1 Å². The molecule has 0 saturated carbocycles. The van der Waals surface area contributed by atoms with Crippen LogP contribution in [0.2, 0.25) is 10.0 Å². The number of fused-ring (bicyclic) bond motifs is 15. The molecule has 7 aromatic rings. The van der Waals surface area contributed by atoms with E-state index >= 15 is 24.0 Å². The molecule has 8 aliphatic heterocycles. The molecule has 49 heteroatoms. The van der Waals surface area contributed by atoms with Crippen molar-refractivity contribution in [1.82, 2.24) is 52.1 Å². The normalized spacial score (nSPS) is 28.5. The first-order valence-electron chi connectivity index (χ1n) is 41.9. The number of aromatic hydroxyl groups is 3. The molecule has 3 fully saturated rings. The van der Waals surface area contributed by atoms with Gasteiger partial charge in [0, 0.05) is 66.1 Å². The number of carboxylic acids is 1. The smallest absolute Gasteiger partial charge is 0.508 e. The van der Waals surface area contributed by atoms with Crippen molar-refractivity contribution in [2.75, 3.05) is 32.1 Å². The third-order valence-electron chi connectivity index (χ3n) is 23.0. The number of aliphatic hydroxyl groups is 8. The van der Waals surface area contributed by atoms with E-state index in [1.807, 2.05) is 0 Å². The predicted molar refractivity (Wildman–Crippen MR) is 457 cm³/mol. The summed E-state index contributed by atoms with van der Waals surface area (Å²) in [5.41, 5.74) is 6.72. The van der Waals surface area contributed by atoms with Gasteiger partial charge >= 0.3 is 18.0 Å². The van der Waals surface area contributed by atoms with Crippen LogP contribution >= 0.6 is 23.2 Å². The minimum absolute atomic E-state index is 0.111. The zero-order valence-electron chi connectivity index (χ0n) is 71.8. The maximum atomic E-state index is 16.5. The highest BCUT2D eigenvalue weighted by molar-refractivity contribution is 6.32. The van der Waals surface area contributed by atoms with Crippen LogP contribution in [0.3, 0.4) is 0 Å². The van der Waals surface area contributed by atoms with Crippen LogP contribution in [0.5, 0.6) is 51.7 Å². The Bertz CT molecular complexity index is 5710. The fourth-order valence-electron chi connectivity index (χ4n) is 16.1. The van der Waals surface area contributed by atoms with E-state index in [9.17, 15) is 98.4 Å². The number of nitrogens with one attached hydrogen (secondary N) is 9. The van der Waals surface area contributed by atoms with E-state index in [4.69, 9.17) is 72.6 Å². The van der Waals surface area contributed by atoms with E-state index in [2.05, 4.69) is 57.6 Å². The van der Waals surface area contributed by atoms with Crippen LogP contribution < -0.4 is 84.0 Å². The lowest BCUT2D eigenvalue weighted by atomic mass is 9.86. The van der Waals surface area contributed by atoms with Crippen LogP contribution in [0.25, 0.3) is 11.1 Å². The van der Waals surface area contributed by atoms with Crippen LogP contribution in [-0.2, 0) is 68.6 Å². The fraction of sp³-hybridized carbons (Fsp3) is 0.430. The predicted octanol–water partition coefficient (Wildman–Crippen LogP) is -0.0645. The lowest BCUT2D eigenvalue weighted by molar-refractivity contribution is -0.350. The summed E-state index contributed by atoms with van der Waals surface area (Å²) < 4.78 is 94.0. The van der Waals surface area contributed by atoms with Gasteiger partial charge in [-0.25, -0.2) is 9.59 Å². The Labute approximate surface area is 772 Å². The summed E-state index contributed by atoms with van der Waals surface area (Å²) in [6, 6.07) is 3.45. The Morgan fingerprint density at radius 3 is 1.94 bits per heavy atom. The van der Waals surface area contributed by atoms with Gasteiger partial charge in [0.2, 0.25) is 53.4 Å². The SMILES string of the molecule is CN[C@H](CC(C)C)C(=O)NC1C(=O)NC(CC(N)=O)C(=O)N[C@H]2C(=O)NC3C(=O)N[C@H](C(=O)NC(C(=O)O)c4cc(O)cc(O)c4-c4cc3ccc4O)[C@H](O[C@H]3C[C@](C)(N)[C@@H](O)[C@H](C)O3)c3ccc(c(Cl)c3)Oc3cc2cc(c3O[C@@H]2O[C@H](CO)[C@@H](O[C@@H]3O[C@H](CNCCn4ccc(NC(=O)c5ccc(OC(F)(F)F)cc5)nc4=O)[C@H](O)[C@H](O)[C@H]3O)[C@H](O)[C@H]2O)Oc2ccc(cc2Cl)[C@H]1O. The number of rotatable bonds is 23. The summed E-state index contributed by atoms with van der Waals surface area (Å²) in [5, 5.41) is 161. The molecule has 135 heavy (non-hydrogen) atoms. The van der Waals surface area contributed by atoms with E-state index in [1.54, 1.807) is 13.8 Å². The third kappa shape index (κ3) is 22.8. The van der Waals surface area contributed by atoms with Gasteiger partial charge in [-0.3, -0.25) is 42.9 Å². The Kier molecular flexibility index (Phi) is 30.8. The minimum atomic E-state index is -4.99. The van der Waals surface area contributed by atoms with Crippen LogP contribution in [-0.4, -0.2) is 267 Å². The largest absolute Gasteiger partial charge is 0.573 e. The molecule has 25 N–H and O–H groups in total. The number of halogens is 5. The number of aromatic nitrogens is 2. The fourth-order valence-corrected chi connectivity index (χ4v) is 16.6. The number of carboxylic acid groups (broad SMARTS) is 1. The zero-order chi connectivity index (χ0) is 98.0. The summed E-state index contributed by atoms with van der Waals surface area (Å²) in [6.45, 7) is 4.60. The van der Waals surface area contributed by atoms with Gasteiger partial charge in [-0.15, -0.1) is 13.2 Å². The van der Waals surface area contributed by atoms with E-state index < -0.39 is 321 Å². The summed E-state index contributed by atoms with van der Waals surface area (Å²) >= 11 is 14.5. The summed E-state index contributed by atoms with van der Waals surface area (Å²) in [5.74, 6) is -18.9. The summed E-state index contributed by atoms with van der Waals surface area (Å²) in [7, 11) is 1.44. The van der Waals surface area contributed by atoms with Crippen LogP contribution in [0.15, 0.2) is 120 Å². The number of aliphatic carboxylic acids is 1. The Morgan fingerprint density at radius 1 is 0.689 bits per heavy atom. The molecular weight excluding hydrogens is 1840 g/mol. The minimum Gasteiger partial charge on any atom is -0.508 e. The number of carbonyl (C=O) groups is 9. The van der Waals surface area contributed by atoms with Crippen LogP contribution in [0.4, 0.5) is 19.0 Å². The third-order valence-corrected chi connectivity index (χ3v) is 23.6. The number of phenolic OH excluding ortho intramolecular Hbond substituents is 3. The Morgan fingerprint density at radius 2 is 1.32 bits per heavy atom. The van der Waals surface area contributed by atoms with Gasteiger partial charge in [0.1, 0.15) is 132 Å². The second-order valence-electron chi connectivity index (χ2n) is 33.4. The van der Waals surface area contributed by atoms with E-state index in [1.165, 1.54) is 39.2 Å². The summed E-state index contributed by atoms with van der Waals surface area (Å²) in [4.78, 5) is 150. The first-order valence-corrected chi connectivity index (χ1v) is 42.6. The molecule has 4 unspecified atom stereocenters. The van der Waals surface area contributed by atoms with Gasteiger partial charge in [0.25, 0.3) is 5.91 Å². The molecule has 11 bridgehead atoms. The highest BCUT2D eigenvalue weighted by Crippen LogP contribution is 2.51. The number of ether oxygens (including phenoxy) is 9. The van der Waals surface area contributed by atoms with Gasteiger partial charge in [0.05, 0.1) is 41.3 Å². The average Bonchev–Trinajstić information content (AvgIpc) is 0.761. The van der Waals surface area contributed by atoms with Crippen molar-refractivity contribution in [3.8, 4) is 62.9 Å². The number of hydrogen-bond donors (Lipinski definition) is 23. The number of alkyl halides is 3. The van der Waals surface area contributed by atoms with E-state index in [0.717, 1.165) is 102 Å². The molecule has 6 aromatic carbocycles. The van der Waals surface area contributed by atoms with E-state index in [0.29, 0.717) is 0 Å². The van der Waals surface area contributed by atoms with Crippen molar-refractivity contribution >= 4 is 82.2 Å². The second kappa shape index (κ2) is 41.5. The number of anilines is 1. The standard InChI is InChI=1S/C86H96Cl2F3N13O31/c1-32(2)20-45(94-5)75(118)102-62-64(110)36-9-14-49(43(87)22-36)128-51-24-38-25-52(71(51)133-83-69(115)67(113)72(54(31-105)131-83)134-82-68(114)66(112)65(111)53(130-82)30-95-17-19-104-18-16-56(98-84(104)126)97-74(117)34-6-11-40(12-7-34)135-86(89,90)91)129-50-15-10-37(23-44(50)88)70(132-57-29-85(4,93)73(116)33(3)127-57)63-80(123)101-61(81(124)125)42-26-39(106)27-48(108)58(42)41-21-35(8-13-47(41)107)59(77(120)103-63)100-78(121)60(38)99-76(119)46(28-55(92)109)96-79(62)122/h6-16,18,21-27,32-33,45-46,53-54,57,59-70,72-73,82-83,94-95,105-108,110-116H,17,19-20,28-31,93H2,1-5H3,(H2,92,109)(H,96,122)(H,99,119)(H,100,121)(H,101,123)(H,102,118)(H,103,120)(H,124,125)(H,97,98,117,126)/t33-,45+,46?,53+,54+,57-,59?,60+,61?,62?,63-,64+,65-,66-,67+,68+,69+,70+,72+,73-,82-,83-,85-/m0/s1. The first-order chi connectivity index (χ1) is 63.8. The number of benzene rings is 6. The number of nitrogens with two attached hydrogens (primary N) is 2. The summed E-state index contributed by atoms with van der Waals surface area (Å²) in [6.07, 6.45) is -34.3. The molecule has 0 radical (unpaired) electrons. The Balaban J connectivity index is 0.907. The molecule has 8 aliphatic rings. The van der Waals surface area contributed by atoms with Crippen molar-refractivity contribution in [3.05, 3.63) is 169 Å². The molecule has 9 heterocycles. The molecule has 3 saturated heterocycles. The molecule has 0 spiro atoms. The number of hydrogen-bond acceptors (Lipinski definition) is 34. The zero-order valence-corrected chi connectivity index (χ0v) is 73.3. The number of primary amides is 1. The molecule has 44 nitrogen and oxygen atoms in total. The van der Waals surface area contributed by atoms with Crippen molar-refractivity contribution in [2.45, 2.75) is 200 Å².